The maximum atomic E-state index is 12.8. The Labute approximate surface area is 142 Å². The van der Waals surface area contributed by atoms with Crippen molar-refractivity contribution in [3.05, 3.63) is 57.5 Å². The molecular weight excluding hydrogens is 363 g/mol. The number of halogens is 4. The molecule has 0 aliphatic rings. The third-order valence-electron chi connectivity index (χ3n) is 3.26. The molecule has 0 aliphatic carbocycles. The average Bonchev–Trinajstić information content (AvgIpc) is 3.03. The first-order valence-electron chi connectivity index (χ1n) is 6.65. The Morgan fingerprint density at radius 3 is 2.60 bits per heavy atom. The molecule has 128 valence electrons. The number of nitro benzene ring substituents is 1. The van der Waals surface area contributed by atoms with Crippen LogP contribution in [0.3, 0.4) is 0 Å². The Morgan fingerprint density at radius 2 is 1.96 bits per heavy atom. The molecule has 7 nitrogen and oxygen atoms in total. The number of hydrogen-bond donors (Lipinski definition) is 1. The first-order valence-corrected chi connectivity index (χ1v) is 7.03. The first-order chi connectivity index (χ1) is 11.8. The van der Waals surface area contributed by atoms with E-state index >= 15 is 0 Å². The Kier molecular flexibility index (Phi) is 4.13. The van der Waals surface area contributed by atoms with Gasteiger partial charge in [-0.1, -0.05) is 11.6 Å². The van der Waals surface area contributed by atoms with Crippen LogP contribution in [-0.2, 0) is 6.18 Å². The number of rotatable bonds is 3. The van der Waals surface area contributed by atoms with Gasteiger partial charge in [-0.25, -0.2) is 9.97 Å². The van der Waals surface area contributed by atoms with Gasteiger partial charge in [-0.2, -0.15) is 18.3 Å². The molecule has 0 spiro atoms. The number of hydrogen-bond acceptors (Lipinski definition) is 5. The molecule has 0 bridgehead atoms. The van der Waals surface area contributed by atoms with Gasteiger partial charge in [0.1, 0.15) is 11.4 Å². The number of nitrogens with one attached hydrogen (secondary N) is 1. The third kappa shape index (κ3) is 3.29. The smallest absolute Gasteiger partial charge is 0.274 e. The molecule has 1 aromatic carbocycles. The minimum Gasteiger partial charge on any atom is -0.274 e. The molecule has 0 unspecified atom stereocenters. The molecule has 0 amide bonds. The van der Waals surface area contributed by atoms with E-state index in [4.69, 9.17) is 11.6 Å². The molecular formula is C14H7ClF3N5O2. The van der Waals surface area contributed by atoms with Gasteiger partial charge < -0.3 is 0 Å². The number of aromatic amines is 1. The molecule has 0 fully saturated rings. The molecule has 3 rings (SSSR count). The van der Waals surface area contributed by atoms with Gasteiger partial charge in [-0.15, -0.1) is 0 Å². The van der Waals surface area contributed by atoms with Crippen LogP contribution in [0.4, 0.5) is 18.9 Å². The third-order valence-corrected chi connectivity index (χ3v) is 3.58. The summed E-state index contributed by atoms with van der Waals surface area (Å²) in [7, 11) is 0. The van der Waals surface area contributed by atoms with E-state index in [2.05, 4.69) is 20.2 Å². The lowest BCUT2D eigenvalue weighted by molar-refractivity contribution is -0.384. The van der Waals surface area contributed by atoms with Gasteiger partial charge in [0.15, 0.2) is 5.82 Å². The molecule has 0 aliphatic heterocycles. The van der Waals surface area contributed by atoms with Crippen LogP contribution in [0.25, 0.3) is 22.6 Å². The number of benzene rings is 1. The van der Waals surface area contributed by atoms with Crippen LogP contribution in [0.5, 0.6) is 0 Å². The quantitative estimate of drug-likeness (QED) is 0.553. The summed E-state index contributed by atoms with van der Waals surface area (Å²) in [6, 6.07) is 4.49. The van der Waals surface area contributed by atoms with Crippen LogP contribution in [0.15, 0.2) is 36.7 Å². The average molecular weight is 370 g/mol. The number of alkyl halides is 3. The number of nitrogens with zero attached hydrogens (tertiary/aromatic N) is 4. The van der Waals surface area contributed by atoms with Crippen molar-refractivity contribution in [3.63, 3.8) is 0 Å². The minimum atomic E-state index is -4.62. The zero-order valence-corrected chi connectivity index (χ0v) is 12.8. The SMILES string of the molecule is O=[N+]([O-])c1ccc(-c2cn[nH]c2-c2nccc(C(F)(F)F)n2)c(Cl)c1. The lowest BCUT2D eigenvalue weighted by Gasteiger charge is -2.08. The number of aromatic nitrogens is 4. The van der Waals surface area contributed by atoms with E-state index in [1.165, 1.54) is 18.3 Å². The fraction of sp³-hybridized carbons (Fsp3) is 0.0714. The summed E-state index contributed by atoms with van der Waals surface area (Å²) in [4.78, 5) is 17.5. The molecule has 2 heterocycles. The van der Waals surface area contributed by atoms with Gasteiger partial charge in [0.2, 0.25) is 0 Å². The Bertz CT molecular complexity index is 958. The molecule has 2 aromatic heterocycles. The van der Waals surface area contributed by atoms with E-state index in [9.17, 15) is 23.3 Å². The maximum absolute atomic E-state index is 12.8. The van der Waals surface area contributed by atoms with E-state index in [0.717, 1.165) is 18.3 Å². The van der Waals surface area contributed by atoms with Gasteiger partial charge in [-0.05, 0) is 12.1 Å². The van der Waals surface area contributed by atoms with Gasteiger partial charge >= 0.3 is 6.18 Å². The van der Waals surface area contributed by atoms with Crippen molar-refractivity contribution in [1.82, 2.24) is 20.2 Å². The summed E-state index contributed by atoms with van der Waals surface area (Å²) in [5, 5.41) is 17.1. The Hall–Kier alpha value is -3.01. The molecule has 0 atom stereocenters. The highest BCUT2D eigenvalue weighted by atomic mass is 35.5. The summed E-state index contributed by atoms with van der Waals surface area (Å²) in [6.07, 6.45) is -2.32. The molecule has 1 N–H and O–H groups in total. The predicted molar refractivity (Wildman–Crippen MR) is 81.7 cm³/mol. The van der Waals surface area contributed by atoms with E-state index in [1.807, 2.05) is 0 Å². The lowest BCUT2D eigenvalue weighted by Crippen LogP contribution is -2.09. The van der Waals surface area contributed by atoms with Crippen molar-refractivity contribution < 1.29 is 18.1 Å². The zero-order chi connectivity index (χ0) is 18.2. The maximum Gasteiger partial charge on any atom is 0.433 e. The molecule has 0 saturated heterocycles. The van der Waals surface area contributed by atoms with Gasteiger partial charge in [0.05, 0.1) is 16.1 Å². The minimum absolute atomic E-state index is 0.0452. The topological polar surface area (TPSA) is 97.6 Å². The highest BCUT2D eigenvalue weighted by molar-refractivity contribution is 6.33. The fourth-order valence-corrected chi connectivity index (χ4v) is 2.41. The molecule has 25 heavy (non-hydrogen) atoms. The summed E-state index contributed by atoms with van der Waals surface area (Å²) in [5.41, 5.74) is -0.542. The van der Waals surface area contributed by atoms with E-state index in [-0.39, 0.29) is 22.2 Å². The monoisotopic (exact) mass is 369 g/mol. The Morgan fingerprint density at radius 1 is 1.20 bits per heavy atom. The van der Waals surface area contributed by atoms with Crippen LogP contribution < -0.4 is 0 Å². The summed E-state index contributed by atoms with van der Waals surface area (Å²) >= 11 is 6.06. The van der Waals surface area contributed by atoms with Crippen molar-refractivity contribution in [2.24, 2.45) is 0 Å². The highest BCUT2D eigenvalue weighted by Gasteiger charge is 2.33. The summed E-state index contributed by atoms with van der Waals surface area (Å²) in [6.45, 7) is 0. The second-order valence-corrected chi connectivity index (χ2v) is 5.25. The van der Waals surface area contributed by atoms with Crippen molar-refractivity contribution in [1.29, 1.82) is 0 Å². The van der Waals surface area contributed by atoms with E-state index < -0.39 is 16.8 Å². The van der Waals surface area contributed by atoms with Crippen LogP contribution in [-0.4, -0.2) is 25.1 Å². The summed E-state index contributed by atoms with van der Waals surface area (Å²) < 4.78 is 38.4. The standard InChI is InChI=1S/C14H7ClF3N5O2/c15-10-5-7(23(24)25)1-2-8(10)9-6-20-22-12(9)13-19-4-3-11(21-13)14(16,17)18/h1-6H,(H,20,22). The van der Waals surface area contributed by atoms with Crippen LogP contribution in [0.2, 0.25) is 5.02 Å². The van der Waals surface area contributed by atoms with Crippen molar-refractivity contribution in [3.8, 4) is 22.6 Å². The number of non-ortho nitro benzene ring substituents is 1. The van der Waals surface area contributed by atoms with Gasteiger partial charge in [0.25, 0.3) is 5.69 Å². The van der Waals surface area contributed by atoms with E-state index in [1.54, 1.807) is 0 Å². The van der Waals surface area contributed by atoms with Crippen LogP contribution >= 0.6 is 11.6 Å². The van der Waals surface area contributed by atoms with Gasteiger partial charge in [-0.3, -0.25) is 15.2 Å². The Balaban J connectivity index is 2.09. The number of nitro groups is 1. The molecule has 0 radical (unpaired) electrons. The molecule has 3 aromatic rings. The fourth-order valence-electron chi connectivity index (χ4n) is 2.13. The van der Waals surface area contributed by atoms with Gasteiger partial charge in [0, 0.05) is 29.5 Å². The van der Waals surface area contributed by atoms with Crippen LogP contribution in [0, 0.1) is 10.1 Å². The lowest BCUT2D eigenvalue weighted by atomic mass is 10.1. The first kappa shape index (κ1) is 16.8. The predicted octanol–water partition coefficient (Wildman–Crippen LogP) is 4.11. The second kappa shape index (κ2) is 6.13. The van der Waals surface area contributed by atoms with E-state index in [0.29, 0.717) is 11.1 Å². The van der Waals surface area contributed by atoms with Crippen LogP contribution in [0.1, 0.15) is 5.69 Å². The molecule has 11 heteroatoms. The van der Waals surface area contributed by atoms with Crippen molar-refractivity contribution in [2.45, 2.75) is 6.18 Å². The van der Waals surface area contributed by atoms with Crippen molar-refractivity contribution in [2.75, 3.05) is 0 Å². The molecule has 0 saturated carbocycles. The normalized spacial score (nSPS) is 11.5. The summed E-state index contributed by atoms with van der Waals surface area (Å²) in [5.74, 6) is -0.225. The highest BCUT2D eigenvalue weighted by Crippen LogP contribution is 2.36. The van der Waals surface area contributed by atoms with Crippen molar-refractivity contribution >= 4 is 17.3 Å². The second-order valence-electron chi connectivity index (χ2n) is 4.84. The largest absolute Gasteiger partial charge is 0.433 e. The zero-order valence-electron chi connectivity index (χ0n) is 12.1. The number of H-pyrrole nitrogens is 1.